The highest BCUT2D eigenvalue weighted by atomic mass is 79.9. The van der Waals surface area contributed by atoms with Gasteiger partial charge in [-0.1, -0.05) is 51.9 Å². The molecular weight excluding hydrogens is 328 g/mol. The van der Waals surface area contributed by atoms with Crippen molar-refractivity contribution in [2.24, 2.45) is 0 Å². The van der Waals surface area contributed by atoms with E-state index in [1.165, 1.54) is 44.9 Å². The maximum atomic E-state index is 10.8. The summed E-state index contributed by atoms with van der Waals surface area (Å²) in [7, 11) is 0. The zero-order chi connectivity index (χ0) is 15.5. The molecule has 0 N–H and O–H groups in total. The first-order chi connectivity index (χ1) is 10.2. The van der Waals surface area contributed by atoms with Crippen LogP contribution in [0.1, 0.15) is 74.2 Å². The standard InChI is InChI=1S/C18H27BrO2/c1-3-4-5-6-7-8-9-10-11-21-18-15(2)12-16(14-20)13-17(18)19/h12-14H,3-11H2,1-2H3. The van der Waals surface area contributed by atoms with E-state index in [9.17, 15) is 4.79 Å². The summed E-state index contributed by atoms with van der Waals surface area (Å²) in [5.74, 6) is 0.864. The van der Waals surface area contributed by atoms with Gasteiger partial charge >= 0.3 is 0 Å². The van der Waals surface area contributed by atoms with E-state index in [1.807, 2.05) is 19.1 Å². The number of benzene rings is 1. The maximum absolute atomic E-state index is 10.8. The topological polar surface area (TPSA) is 26.3 Å². The van der Waals surface area contributed by atoms with Crippen molar-refractivity contribution in [3.8, 4) is 5.75 Å². The van der Waals surface area contributed by atoms with Crippen LogP contribution >= 0.6 is 15.9 Å². The monoisotopic (exact) mass is 354 g/mol. The molecule has 0 fully saturated rings. The van der Waals surface area contributed by atoms with Crippen molar-refractivity contribution in [2.45, 2.75) is 65.2 Å². The van der Waals surface area contributed by atoms with Gasteiger partial charge in [0.25, 0.3) is 0 Å². The number of carbonyl (C=O) groups excluding carboxylic acids is 1. The first-order valence-electron chi connectivity index (χ1n) is 8.07. The molecular formula is C18H27BrO2. The van der Waals surface area contributed by atoms with Gasteiger partial charge in [0.05, 0.1) is 11.1 Å². The molecule has 0 aliphatic heterocycles. The second-order valence-electron chi connectivity index (χ2n) is 5.59. The lowest BCUT2D eigenvalue weighted by atomic mass is 10.1. The van der Waals surface area contributed by atoms with Gasteiger partial charge in [-0.2, -0.15) is 0 Å². The molecule has 0 radical (unpaired) electrons. The minimum Gasteiger partial charge on any atom is -0.492 e. The molecule has 0 spiro atoms. The molecule has 2 nitrogen and oxygen atoms in total. The van der Waals surface area contributed by atoms with Crippen molar-refractivity contribution in [2.75, 3.05) is 6.61 Å². The summed E-state index contributed by atoms with van der Waals surface area (Å²) in [4.78, 5) is 10.8. The highest BCUT2D eigenvalue weighted by molar-refractivity contribution is 9.10. The van der Waals surface area contributed by atoms with Crippen LogP contribution in [0, 0.1) is 6.92 Å². The number of hydrogen-bond donors (Lipinski definition) is 0. The molecule has 3 heteroatoms. The van der Waals surface area contributed by atoms with Crippen molar-refractivity contribution >= 4 is 22.2 Å². The van der Waals surface area contributed by atoms with Crippen LogP contribution in [-0.2, 0) is 0 Å². The smallest absolute Gasteiger partial charge is 0.150 e. The summed E-state index contributed by atoms with van der Waals surface area (Å²) in [6.45, 7) is 4.97. The van der Waals surface area contributed by atoms with E-state index in [1.54, 1.807) is 0 Å². The predicted molar refractivity (Wildman–Crippen MR) is 92.4 cm³/mol. The minimum absolute atomic E-state index is 0.679. The zero-order valence-electron chi connectivity index (χ0n) is 13.3. The van der Waals surface area contributed by atoms with E-state index in [0.717, 1.165) is 35.1 Å². The van der Waals surface area contributed by atoms with E-state index in [2.05, 4.69) is 22.9 Å². The maximum Gasteiger partial charge on any atom is 0.150 e. The molecule has 0 aromatic heterocycles. The lowest BCUT2D eigenvalue weighted by molar-refractivity contribution is 0.112. The molecule has 118 valence electrons. The Morgan fingerprint density at radius 1 is 1.05 bits per heavy atom. The summed E-state index contributed by atoms with van der Waals surface area (Å²) in [6.07, 6.45) is 11.3. The van der Waals surface area contributed by atoms with Gasteiger partial charge in [0.1, 0.15) is 12.0 Å². The molecule has 0 saturated heterocycles. The third kappa shape index (κ3) is 7.12. The van der Waals surface area contributed by atoms with Crippen LogP contribution in [0.2, 0.25) is 0 Å². The van der Waals surface area contributed by atoms with Crippen molar-refractivity contribution in [1.29, 1.82) is 0 Å². The lowest BCUT2D eigenvalue weighted by Gasteiger charge is -2.11. The molecule has 21 heavy (non-hydrogen) atoms. The van der Waals surface area contributed by atoms with Crippen LogP contribution in [0.3, 0.4) is 0 Å². The van der Waals surface area contributed by atoms with E-state index in [0.29, 0.717) is 5.56 Å². The van der Waals surface area contributed by atoms with Gasteiger partial charge in [0.15, 0.2) is 0 Å². The first-order valence-corrected chi connectivity index (χ1v) is 8.86. The molecule has 0 heterocycles. The average Bonchev–Trinajstić information content (AvgIpc) is 2.47. The Balaban J connectivity index is 2.20. The quantitative estimate of drug-likeness (QED) is 0.355. The molecule has 0 unspecified atom stereocenters. The fourth-order valence-electron chi connectivity index (χ4n) is 2.42. The lowest BCUT2D eigenvalue weighted by Crippen LogP contribution is -2.00. The van der Waals surface area contributed by atoms with Crippen LogP contribution in [-0.4, -0.2) is 12.9 Å². The number of aryl methyl sites for hydroxylation is 1. The number of ether oxygens (including phenoxy) is 1. The van der Waals surface area contributed by atoms with Gasteiger partial charge in [-0.25, -0.2) is 0 Å². The molecule has 0 aliphatic carbocycles. The SMILES string of the molecule is CCCCCCCCCCOc1c(C)cc(C=O)cc1Br. The minimum atomic E-state index is 0.679. The Labute approximate surface area is 137 Å². The largest absolute Gasteiger partial charge is 0.492 e. The Morgan fingerprint density at radius 3 is 2.24 bits per heavy atom. The van der Waals surface area contributed by atoms with E-state index in [4.69, 9.17) is 4.74 Å². The van der Waals surface area contributed by atoms with Gasteiger partial charge in [-0.05, 0) is 47.0 Å². The number of aldehydes is 1. The number of rotatable bonds is 11. The summed E-state index contributed by atoms with van der Waals surface area (Å²) in [6, 6.07) is 3.67. The summed E-state index contributed by atoms with van der Waals surface area (Å²) in [5.41, 5.74) is 1.69. The fraction of sp³-hybridized carbons (Fsp3) is 0.611. The molecule has 0 atom stereocenters. The van der Waals surface area contributed by atoms with Crippen LogP contribution in [0.25, 0.3) is 0 Å². The highest BCUT2D eigenvalue weighted by Crippen LogP contribution is 2.30. The second kappa shape index (κ2) is 10.8. The summed E-state index contributed by atoms with van der Waals surface area (Å²) >= 11 is 3.47. The van der Waals surface area contributed by atoms with E-state index < -0.39 is 0 Å². The van der Waals surface area contributed by atoms with Crippen molar-refractivity contribution in [3.63, 3.8) is 0 Å². The van der Waals surface area contributed by atoms with Crippen LogP contribution in [0.4, 0.5) is 0 Å². The first kappa shape index (κ1) is 18.2. The third-order valence-electron chi connectivity index (χ3n) is 3.63. The number of carbonyl (C=O) groups is 1. The van der Waals surface area contributed by atoms with Crippen molar-refractivity contribution < 1.29 is 9.53 Å². The van der Waals surface area contributed by atoms with Crippen molar-refractivity contribution in [1.82, 2.24) is 0 Å². The Morgan fingerprint density at radius 2 is 1.67 bits per heavy atom. The number of unbranched alkanes of at least 4 members (excludes halogenated alkanes) is 7. The van der Waals surface area contributed by atoms with Crippen LogP contribution < -0.4 is 4.74 Å². The normalized spacial score (nSPS) is 10.6. The van der Waals surface area contributed by atoms with Crippen LogP contribution in [0.5, 0.6) is 5.75 Å². The number of hydrogen-bond acceptors (Lipinski definition) is 2. The van der Waals surface area contributed by atoms with Gasteiger partial charge in [-0.15, -0.1) is 0 Å². The van der Waals surface area contributed by atoms with E-state index in [-0.39, 0.29) is 0 Å². The predicted octanol–water partition coefficient (Wildman–Crippen LogP) is 6.09. The van der Waals surface area contributed by atoms with E-state index >= 15 is 0 Å². The summed E-state index contributed by atoms with van der Waals surface area (Å²) < 4.78 is 6.71. The molecule has 1 rings (SSSR count). The third-order valence-corrected chi connectivity index (χ3v) is 4.22. The van der Waals surface area contributed by atoms with Gasteiger partial charge in [0, 0.05) is 5.56 Å². The molecule has 1 aromatic rings. The second-order valence-corrected chi connectivity index (χ2v) is 6.44. The fourth-order valence-corrected chi connectivity index (χ4v) is 3.11. The average molecular weight is 355 g/mol. The van der Waals surface area contributed by atoms with Crippen molar-refractivity contribution in [3.05, 3.63) is 27.7 Å². The summed E-state index contributed by atoms with van der Waals surface area (Å²) in [5, 5.41) is 0. The molecule has 0 saturated carbocycles. The zero-order valence-corrected chi connectivity index (χ0v) is 14.9. The van der Waals surface area contributed by atoms with Gasteiger partial charge in [0.2, 0.25) is 0 Å². The molecule has 0 bridgehead atoms. The molecule has 1 aromatic carbocycles. The molecule has 0 aliphatic rings. The highest BCUT2D eigenvalue weighted by Gasteiger charge is 2.07. The Bertz CT molecular complexity index is 406. The van der Waals surface area contributed by atoms with Crippen LogP contribution in [0.15, 0.2) is 16.6 Å². The Hall–Kier alpha value is -0.830. The Kier molecular flexibility index (Phi) is 9.40. The van der Waals surface area contributed by atoms with Gasteiger partial charge in [-0.3, -0.25) is 4.79 Å². The number of halogens is 1. The van der Waals surface area contributed by atoms with Gasteiger partial charge < -0.3 is 4.74 Å². The molecule has 0 amide bonds.